The number of pyridine rings is 1. The smallest absolute Gasteiger partial charge is 0.230 e. The molecule has 0 N–H and O–H groups in total. The maximum absolute atomic E-state index is 8.86. The van der Waals surface area contributed by atoms with Crippen LogP contribution in [0.2, 0.25) is 0 Å². The van der Waals surface area contributed by atoms with E-state index < -0.39 is 0 Å². The van der Waals surface area contributed by atoms with Crippen LogP contribution < -0.4 is 4.74 Å². The Morgan fingerprint density at radius 1 is 1.41 bits per heavy atom. The molecule has 1 fully saturated rings. The van der Waals surface area contributed by atoms with Crippen LogP contribution in [0.5, 0.6) is 5.88 Å². The fourth-order valence-corrected chi connectivity index (χ4v) is 2.53. The van der Waals surface area contributed by atoms with Crippen LogP contribution in [0, 0.1) is 17.2 Å². The maximum Gasteiger partial charge on any atom is 0.230 e. The number of likely N-dealkylation sites (tertiary alicyclic amines) is 1. The average Bonchev–Trinajstić information content (AvgIpc) is 3.07. The van der Waals surface area contributed by atoms with Crippen LogP contribution in [-0.4, -0.2) is 39.8 Å². The number of ether oxygens (including phenoxy) is 1. The number of hydrogen-bond donors (Lipinski definition) is 0. The summed E-state index contributed by atoms with van der Waals surface area (Å²) in [5, 5.41) is 16.4. The first-order valence-electron chi connectivity index (χ1n) is 7.30. The van der Waals surface area contributed by atoms with Crippen LogP contribution >= 0.6 is 0 Å². The summed E-state index contributed by atoms with van der Waals surface area (Å²) in [5.74, 6) is 1.69. The largest absolute Gasteiger partial charge is 0.477 e. The molecule has 1 aliphatic rings. The Balaban J connectivity index is 1.43. The topological polar surface area (TPSA) is 88.1 Å². The van der Waals surface area contributed by atoms with Crippen molar-refractivity contribution >= 4 is 0 Å². The molecule has 3 heterocycles. The third-order valence-electron chi connectivity index (χ3n) is 3.80. The Bertz CT molecular complexity index is 630. The van der Waals surface area contributed by atoms with Crippen LogP contribution in [0.25, 0.3) is 0 Å². The van der Waals surface area contributed by atoms with Gasteiger partial charge >= 0.3 is 0 Å². The van der Waals surface area contributed by atoms with E-state index in [1.165, 1.54) is 6.39 Å². The van der Waals surface area contributed by atoms with Crippen molar-refractivity contribution in [1.29, 1.82) is 5.26 Å². The lowest BCUT2D eigenvalue weighted by molar-refractivity contribution is 0.127. The molecule has 0 aromatic carbocycles. The van der Waals surface area contributed by atoms with Gasteiger partial charge in [-0.15, -0.1) is 10.2 Å². The quantitative estimate of drug-likeness (QED) is 0.829. The van der Waals surface area contributed by atoms with Gasteiger partial charge in [-0.3, -0.25) is 4.90 Å². The highest BCUT2D eigenvalue weighted by Gasteiger charge is 2.21. The van der Waals surface area contributed by atoms with Crippen molar-refractivity contribution in [2.45, 2.75) is 19.4 Å². The van der Waals surface area contributed by atoms with E-state index >= 15 is 0 Å². The Kier molecular flexibility index (Phi) is 4.61. The highest BCUT2D eigenvalue weighted by Crippen LogP contribution is 2.20. The molecule has 0 atom stereocenters. The Morgan fingerprint density at radius 3 is 3.00 bits per heavy atom. The first kappa shape index (κ1) is 14.5. The standard InChI is InChI=1S/C15H17N5O2/c16-8-13-1-4-17-14(7-13)21-10-12-2-5-20(6-3-12)9-15-19-18-11-22-15/h1,4,7,11-12H,2-3,5-6,9-10H2. The van der Waals surface area contributed by atoms with Gasteiger partial charge in [-0.25, -0.2) is 4.98 Å². The molecule has 0 bridgehead atoms. The molecule has 7 nitrogen and oxygen atoms in total. The van der Waals surface area contributed by atoms with Crippen LogP contribution in [0.1, 0.15) is 24.3 Å². The fraction of sp³-hybridized carbons (Fsp3) is 0.467. The molecule has 0 aliphatic carbocycles. The van der Waals surface area contributed by atoms with Gasteiger partial charge in [0.2, 0.25) is 18.2 Å². The van der Waals surface area contributed by atoms with E-state index in [9.17, 15) is 0 Å². The number of aromatic nitrogens is 3. The van der Waals surface area contributed by atoms with Gasteiger partial charge in [-0.05, 0) is 37.9 Å². The minimum absolute atomic E-state index is 0.506. The van der Waals surface area contributed by atoms with Crippen LogP contribution in [0.3, 0.4) is 0 Å². The number of nitrogens with zero attached hydrogens (tertiary/aromatic N) is 5. The second-order valence-electron chi connectivity index (χ2n) is 5.36. The molecule has 0 amide bonds. The fourth-order valence-electron chi connectivity index (χ4n) is 2.53. The van der Waals surface area contributed by atoms with E-state index in [2.05, 4.69) is 26.2 Å². The maximum atomic E-state index is 8.86. The first-order valence-corrected chi connectivity index (χ1v) is 7.30. The molecule has 0 spiro atoms. The van der Waals surface area contributed by atoms with E-state index in [-0.39, 0.29) is 0 Å². The van der Waals surface area contributed by atoms with Gasteiger partial charge in [0.25, 0.3) is 0 Å². The first-order chi connectivity index (χ1) is 10.8. The van der Waals surface area contributed by atoms with Crippen molar-refractivity contribution in [3.8, 4) is 11.9 Å². The van der Waals surface area contributed by atoms with E-state index in [0.29, 0.717) is 36.4 Å². The van der Waals surface area contributed by atoms with Crippen molar-refractivity contribution < 1.29 is 9.15 Å². The molecule has 1 aliphatic heterocycles. The van der Waals surface area contributed by atoms with E-state index in [4.69, 9.17) is 14.4 Å². The molecule has 0 radical (unpaired) electrons. The summed E-state index contributed by atoms with van der Waals surface area (Å²) in [5.41, 5.74) is 0.569. The zero-order chi connectivity index (χ0) is 15.2. The second-order valence-corrected chi connectivity index (χ2v) is 5.36. The summed E-state index contributed by atoms with van der Waals surface area (Å²) >= 11 is 0. The molecule has 2 aromatic rings. The van der Waals surface area contributed by atoms with Gasteiger partial charge in [-0.2, -0.15) is 5.26 Å². The zero-order valence-electron chi connectivity index (χ0n) is 12.2. The van der Waals surface area contributed by atoms with Gasteiger partial charge in [-0.1, -0.05) is 0 Å². The number of piperidine rings is 1. The molecule has 22 heavy (non-hydrogen) atoms. The zero-order valence-corrected chi connectivity index (χ0v) is 12.2. The summed E-state index contributed by atoms with van der Waals surface area (Å²) in [6.07, 6.45) is 5.08. The van der Waals surface area contributed by atoms with Gasteiger partial charge < -0.3 is 9.15 Å². The average molecular weight is 299 g/mol. The lowest BCUT2D eigenvalue weighted by atomic mass is 9.98. The van der Waals surface area contributed by atoms with E-state index in [1.807, 2.05) is 0 Å². The lowest BCUT2D eigenvalue weighted by Crippen LogP contribution is -2.35. The van der Waals surface area contributed by atoms with Gasteiger partial charge in [0.1, 0.15) is 0 Å². The second kappa shape index (κ2) is 7.00. The predicted octanol–water partition coefficient (Wildman–Crippen LogP) is 1.63. The van der Waals surface area contributed by atoms with Crippen molar-refractivity contribution in [2.24, 2.45) is 5.92 Å². The van der Waals surface area contributed by atoms with E-state index in [1.54, 1.807) is 18.3 Å². The van der Waals surface area contributed by atoms with E-state index in [0.717, 1.165) is 25.9 Å². The van der Waals surface area contributed by atoms with Gasteiger partial charge in [0.05, 0.1) is 24.8 Å². The number of nitriles is 1. The molecular weight excluding hydrogens is 282 g/mol. The SMILES string of the molecule is N#Cc1ccnc(OCC2CCN(Cc3nnco3)CC2)c1. The minimum atomic E-state index is 0.506. The van der Waals surface area contributed by atoms with Gasteiger partial charge in [0.15, 0.2) is 0 Å². The predicted molar refractivity (Wildman–Crippen MR) is 76.7 cm³/mol. The summed E-state index contributed by atoms with van der Waals surface area (Å²) in [7, 11) is 0. The normalized spacial score (nSPS) is 16.3. The summed E-state index contributed by atoms with van der Waals surface area (Å²) in [6, 6.07) is 5.43. The molecule has 2 aromatic heterocycles. The number of hydrogen-bond acceptors (Lipinski definition) is 7. The van der Waals surface area contributed by atoms with Crippen molar-refractivity contribution in [3.63, 3.8) is 0 Å². The molecule has 114 valence electrons. The lowest BCUT2D eigenvalue weighted by Gasteiger charge is -2.30. The molecule has 0 saturated carbocycles. The van der Waals surface area contributed by atoms with Crippen LogP contribution in [-0.2, 0) is 6.54 Å². The monoisotopic (exact) mass is 299 g/mol. The highest BCUT2D eigenvalue weighted by molar-refractivity contribution is 5.31. The molecule has 1 saturated heterocycles. The van der Waals surface area contributed by atoms with Crippen molar-refractivity contribution in [3.05, 3.63) is 36.2 Å². The molecule has 0 unspecified atom stereocenters. The van der Waals surface area contributed by atoms with Crippen molar-refractivity contribution in [1.82, 2.24) is 20.1 Å². The molecule has 7 heteroatoms. The summed E-state index contributed by atoms with van der Waals surface area (Å²) in [4.78, 5) is 6.43. The van der Waals surface area contributed by atoms with Crippen LogP contribution in [0.4, 0.5) is 0 Å². The third kappa shape index (κ3) is 3.80. The minimum Gasteiger partial charge on any atom is -0.477 e. The Hall–Kier alpha value is -2.46. The molecule has 3 rings (SSSR count). The highest BCUT2D eigenvalue weighted by atomic mass is 16.5. The summed E-state index contributed by atoms with van der Waals surface area (Å²) in [6.45, 7) is 3.32. The third-order valence-corrected chi connectivity index (χ3v) is 3.80. The van der Waals surface area contributed by atoms with Crippen molar-refractivity contribution in [2.75, 3.05) is 19.7 Å². The Morgan fingerprint density at radius 2 is 2.27 bits per heavy atom. The summed E-state index contributed by atoms with van der Waals surface area (Å²) < 4.78 is 10.9. The van der Waals surface area contributed by atoms with Crippen LogP contribution in [0.15, 0.2) is 29.1 Å². The van der Waals surface area contributed by atoms with Gasteiger partial charge in [0, 0.05) is 12.3 Å². The molecular formula is C15H17N5O2. The number of rotatable bonds is 5. The Labute approximate surface area is 128 Å².